The molecule has 1 fully saturated rings. The van der Waals surface area contributed by atoms with E-state index in [0.717, 1.165) is 31.8 Å². The highest BCUT2D eigenvalue weighted by Gasteiger charge is 2.35. The second kappa shape index (κ2) is 8.65. The number of hydrogen-bond donors (Lipinski definition) is 0. The molecule has 0 radical (unpaired) electrons. The number of amides is 2. The van der Waals surface area contributed by atoms with Crippen LogP contribution < -0.4 is 0 Å². The molecule has 7 heteroatoms. The highest BCUT2D eigenvalue weighted by Crippen LogP contribution is 2.35. The third kappa shape index (κ3) is 4.86. The van der Waals surface area contributed by atoms with Gasteiger partial charge < -0.3 is 4.42 Å². The molecule has 2 aromatic carbocycles. The van der Waals surface area contributed by atoms with Crippen LogP contribution in [0.2, 0.25) is 0 Å². The molecule has 4 rings (SSSR count). The number of thioether (sulfide) groups is 1. The molecule has 0 bridgehead atoms. The highest BCUT2D eigenvalue weighted by atomic mass is 79.9. The third-order valence-electron chi connectivity index (χ3n) is 4.22. The minimum atomic E-state index is -0.302. The van der Waals surface area contributed by atoms with Gasteiger partial charge in [-0.3, -0.25) is 14.5 Å². The zero-order valence-corrected chi connectivity index (χ0v) is 18.6. The Morgan fingerprint density at radius 1 is 1.10 bits per heavy atom. The Morgan fingerprint density at radius 3 is 2.66 bits per heavy atom. The number of imide groups is 1. The van der Waals surface area contributed by atoms with Gasteiger partial charge in [0.1, 0.15) is 5.76 Å². The van der Waals surface area contributed by atoms with Crippen molar-refractivity contribution in [2.24, 2.45) is 0 Å². The van der Waals surface area contributed by atoms with Crippen LogP contribution in [0.15, 0.2) is 84.4 Å². The van der Waals surface area contributed by atoms with Gasteiger partial charge in [0.05, 0.1) is 11.4 Å². The highest BCUT2D eigenvalue weighted by molar-refractivity contribution is 9.10. The number of carbonyl (C=O) groups excluding carboxylic acids is 2. The van der Waals surface area contributed by atoms with E-state index in [4.69, 9.17) is 4.42 Å². The summed E-state index contributed by atoms with van der Waals surface area (Å²) in [5.74, 6) is 0.247. The Labute approximate surface area is 185 Å². The molecule has 0 unspecified atom stereocenters. The molecule has 29 heavy (non-hydrogen) atoms. The Hall–Kier alpha value is -2.22. The number of halogens is 1. The van der Waals surface area contributed by atoms with E-state index in [9.17, 15) is 9.59 Å². The topological polar surface area (TPSA) is 50.5 Å². The fraction of sp³-hybridized carbons (Fsp3) is 0.0909. The van der Waals surface area contributed by atoms with Gasteiger partial charge in [-0.1, -0.05) is 57.5 Å². The summed E-state index contributed by atoms with van der Waals surface area (Å²) in [6.45, 7) is 2.29. The average Bonchev–Trinajstić information content (AvgIpc) is 3.23. The molecule has 1 saturated heterocycles. The van der Waals surface area contributed by atoms with Crippen molar-refractivity contribution in [3.8, 4) is 0 Å². The van der Waals surface area contributed by atoms with Gasteiger partial charge in [0.15, 0.2) is 5.09 Å². The van der Waals surface area contributed by atoms with E-state index in [2.05, 4.69) is 15.9 Å². The largest absolute Gasteiger partial charge is 0.450 e. The van der Waals surface area contributed by atoms with Crippen LogP contribution in [-0.2, 0) is 11.3 Å². The molecule has 0 spiro atoms. The molecule has 1 aliphatic rings. The van der Waals surface area contributed by atoms with Crippen LogP contribution in [0.4, 0.5) is 4.79 Å². The van der Waals surface area contributed by atoms with Gasteiger partial charge in [0, 0.05) is 15.4 Å². The smallest absolute Gasteiger partial charge is 0.293 e. The summed E-state index contributed by atoms with van der Waals surface area (Å²) in [5, 5.41) is 0.454. The summed E-state index contributed by atoms with van der Waals surface area (Å²) in [4.78, 5) is 27.7. The second-order valence-electron chi connectivity index (χ2n) is 6.47. The molecule has 1 aliphatic heterocycles. The monoisotopic (exact) mass is 485 g/mol. The first kappa shape index (κ1) is 20.1. The van der Waals surface area contributed by atoms with E-state index < -0.39 is 0 Å². The summed E-state index contributed by atoms with van der Waals surface area (Å²) in [6.07, 6.45) is 1.63. The molecule has 0 atom stereocenters. The average molecular weight is 486 g/mol. The van der Waals surface area contributed by atoms with Crippen LogP contribution in [0.1, 0.15) is 16.9 Å². The number of hydrogen-bond acceptors (Lipinski definition) is 5. The Balaban J connectivity index is 1.47. The van der Waals surface area contributed by atoms with E-state index in [1.165, 1.54) is 22.2 Å². The van der Waals surface area contributed by atoms with Crippen molar-refractivity contribution in [3.05, 3.63) is 86.9 Å². The lowest BCUT2D eigenvalue weighted by atomic mass is 10.2. The normalized spacial score (nSPS) is 15.5. The van der Waals surface area contributed by atoms with E-state index in [1.807, 2.05) is 61.5 Å². The number of rotatable bonds is 5. The molecule has 2 heterocycles. The van der Waals surface area contributed by atoms with Gasteiger partial charge in [0.2, 0.25) is 0 Å². The van der Waals surface area contributed by atoms with Crippen molar-refractivity contribution in [1.29, 1.82) is 0 Å². The SMILES string of the molecule is Cc1ccc(Sc2ccc(/C=C3\SC(=O)N(Cc4cccc(Br)c4)C3=O)o2)cc1. The number of benzene rings is 2. The van der Waals surface area contributed by atoms with Crippen molar-refractivity contribution in [2.45, 2.75) is 23.5 Å². The summed E-state index contributed by atoms with van der Waals surface area (Å²) < 4.78 is 6.73. The Bertz CT molecular complexity index is 1110. The van der Waals surface area contributed by atoms with Crippen LogP contribution in [0.3, 0.4) is 0 Å². The van der Waals surface area contributed by atoms with Crippen molar-refractivity contribution in [1.82, 2.24) is 4.90 Å². The van der Waals surface area contributed by atoms with Crippen molar-refractivity contribution in [3.63, 3.8) is 0 Å². The first-order valence-corrected chi connectivity index (χ1v) is 11.2. The molecule has 146 valence electrons. The summed E-state index contributed by atoms with van der Waals surface area (Å²) in [6, 6.07) is 19.4. The fourth-order valence-corrected chi connectivity index (χ4v) is 4.82. The first-order valence-electron chi connectivity index (χ1n) is 8.82. The number of aryl methyl sites for hydroxylation is 1. The molecule has 0 saturated carbocycles. The molecule has 2 amide bonds. The lowest BCUT2D eigenvalue weighted by molar-refractivity contribution is -0.123. The van der Waals surface area contributed by atoms with Crippen LogP contribution in [-0.4, -0.2) is 16.0 Å². The van der Waals surface area contributed by atoms with Crippen molar-refractivity contribution < 1.29 is 14.0 Å². The number of furan rings is 1. The zero-order chi connectivity index (χ0) is 20.4. The summed E-state index contributed by atoms with van der Waals surface area (Å²) >= 11 is 5.85. The lowest BCUT2D eigenvalue weighted by Crippen LogP contribution is -2.27. The maximum Gasteiger partial charge on any atom is 0.293 e. The van der Waals surface area contributed by atoms with Crippen molar-refractivity contribution >= 4 is 56.7 Å². The maximum atomic E-state index is 12.7. The molecule has 0 aliphatic carbocycles. The van der Waals surface area contributed by atoms with Gasteiger partial charge in [-0.2, -0.15) is 0 Å². The van der Waals surface area contributed by atoms with Crippen molar-refractivity contribution in [2.75, 3.05) is 0 Å². The van der Waals surface area contributed by atoms with E-state index in [1.54, 1.807) is 12.1 Å². The van der Waals surface area contributed by atoms with Crippen LogP contribution >= 0.6 is 39.5 Å². The first-order chi connectivity index (χ1) is 14.0. The standard InChI is InChI=1S/C22H16BrNO3S2/c1-14-5-8-18(9-6-14)28-20-10-7-17(27-20)12-19-21(25)24(22(26)29-19)13-15-3-2-4-16(23)11-15/h2-12H,13H2,1H3/b19-12-. The van der Waals surface area contributed by atoms with Crippen LogP contribution in [0, 0.1) is 6.92 Å². The van der Waals surface area contributed by atoms with Crippen LogP contribution in [0.5, 0.6) is 0 Å². The third-order valence-corrected chi connectivity index (χ3v) is 6.55. The quantitative estimate of drug-likeness (QED) is 0.374. The fourth-order valence-electron chi connectivity index (χ4n) is 2.77. The lowest BCUT2D eigenvalue weighted by Gasteiger charge is -2.12. The molecule has 4 nitrogen and oxygen atoms in total. The molecular weight excluding hydrogens is 470 g/mol. The van der Waals surface area contributed by atoms with E-state index in [0.29, 0.717) is 10.7 Å². The Kier molecular flexibility index (Phi) is 5.99. The van der Waals surface area contributed by atoms with Gasteiger partial charge in [-0.15, -0.1) is 0 Å². The maximum absolute atomic E-state index is 12.7. The second-order valence-corrected chi connectivity index (χ2v) is 9.46. The zero-order valence-electron chi connectivity index (χ0n) is 15.4. The van der Waals surface area contributed by atoms with Gasteiger partial charge in [-0.25, -0.2) is 0 Å². The van der Waals surface area contributed by atoms with Gasteiger partial charge >= 0.3 is 0 Å². The predicted molar refractivity (Wildman–Crippen MR) is 120 cm³/mol. The van der Waals surface area contributed by atoms with Gasteiger partial charge in [0.25, 0.3) is 11.1 Å². The van der Waals surface area contributed by atoms with Crippen LogP contribution in [0.25, 0.3) is 6.08 Å². The van der Waals surface area contributed by atoms with Gasteiger partial charge in [-0.05, 0) is 60.6 Å². The summed E-state index contributed by atoms with van der Waals surface area (Å²) in [5.41, 5.74) is 2.09. The van der Waals surface area contributed by atoms with E-state index >= 15 is 0 Å². The Morgan fingerprint density at radius 2 is 1.90 bits per heavy atom. The predicted octanol–water partition coefficient (Wildman–Crippen LogP) is 6.74. The molecule has 3 aromatic rings. The molecule has 0 N–H and O–H groups in total. The minimum absolute atomic E-state index is 0.244. The number of carbonyl (C=O) groups is 2. The summed E-state index contributed by atoms with van der Waals surface area (Å²) in [7, 11) is 0. The minimum Gasteiger partial charge on any atom is -0.450 e. The van der Waals surface area contributed by atoms with E-state index in [-0.39, 0.29) is 17.7 Å². The number of nitrogens with zero attached hydrogens (tertiary/aromatic N) is 1. The molecule has 1 aromatic heterocycles. The molecular formula is C22H16BrNO3S2.